The number of hydrogen-bond donors (Lipinski definition) is 1. The predicted molar refractivity (Wildman–Crippen MR) is 86.9 cm³/mol. The van der Waals surface area contributed by atoms with E-state index in [4.69, 9.17) is 5.73 Å². The van der Waals surface area contributed by atoms with E-state index in [1.165, 1.54) is 11.3 Å². The van der Waals surface area contributed by atoms with Crippen molar-refractivity contribution in [2.45, 2.75) is 39.2 Å². The average molecular weight is 336 g/mol. The molecule has 0 aliphatic rings. The van der Waals surface area contributed by atoms with Gasteiger partial charge in [-0.05, 0) is 47.8 Å². The molecule has 1 unspecified atom stereocenters. The molecule has 0 aliphatic heterocycles. The van der Waals surface area contributed by atoms with Crippen LogP contribution in [0, 0.1) is 0 Å². The fourth-order valence-corrected chi connectivity index (χ4v) is 3.23. The molecule has 1 heterocycles. The zero-order valence-corrected chi connectivity index (χ0v) is 13.7. The molecule has 0 radical (unpaired) electrons. The fourth-order valence-electron chi connectivity index (χ4n) is 2.51. The van der Waals surface area contributed by atoms with Gasteiger partial charge in [0.25, 0.3) is 0 Å². The summed E-state index contributed by atoms with van der Waals surface area (Å²) in [4.78, 5) is 0. The standard InChI is InChI=1S/C16H22BrN3/c1-3-14-16(17)15(20(4-2)19-14)10-13(11-18)12-8-6-5-7-9-12/h5-9,13H,3-4,10-11,18H2,1-2H3. The van der Waals surface area contributed by atoms with Crippen LogP contribution in [0.25, 0.3) is 0 Å². The summed E-state index contributed by atoms with van der Waals surface area (Å²) >= 11 is 3.71. The minimum Gasteiger partial charge on any atom is -0.330 e. The highest BCUT2D eigenvalue weighted by molar-refractivity contribution is 9.10. The van der Waals surface area contributed by atoms with Gasteiger partial charge >= 0.3 is 0 Å². The van der Waals surface area contributed by atoms with Crippen LogP contribution in [0.2, 0.25) is 0 Å². The number of aromatic nitrogens is 2. The Kier molecular flexibility index (Phi) is 5.38. The molecule has 4 heteroatoms. The first kappa shape index (κ1) is 15.3. The van der Waals surface area contributed by atoms with Crippen LogP contribution >= 0.6 is 15.9 Å². The molecule has 0 amide bonds. The molecule has 0 aliphatic carbocycles. The van der Waals surface area contributed by atoms with Crippen LogP contribution in [0.4, 0.5) is 0 Å². The van der Waals surface area contributed by atoms with Crippen molar-refractivity contribution < 1.29 is 0 Å². The maximum absolute atomic E-state index is 5.99. The lowest BCUT2D eigenvalue weighted by Crippen LogP contribution is -2.17. The number of nitrogens with zero attached hydrogens (tertiary/aromatic N) is 2. The third-order valence-electron chi connectivity index (χ3n) is 3.69. The van der Waals surface area contributed by atoms with Crippen molar-refractivity contribution in [3.05, 3.63) is 51.8 Å². The Hall–Kier alpha value is -1.13. The van der Waals surface area contributed by atoms with E-state index >= 15 is 0 Å². The lowest BCUT2D eigenvalue weighted by Gasteiger charge is -2.16. The molecule has 108 valence electrons. The second-order valence-electron chi connectivity index (χ2n) is 4.92. The van der Waals surface area contributed by atoms with Gasteiger partial charge in [-0.3, -0.25) is 4.68 Å². The lowest BCUT2D eigenvalue weighted by molar-refractivity contribution is 0.580. The van der Waals surface area contributed by atoms with Gasteiger partial charge in [0, 0.05) is 12.5 Å². The first-order valence-electron chi connectivity index (χ1n) is 7.20. The normalized spacial score (nSPS) is 12.6. The van der Waals surface area contributed by atoms with E-state index in [1.807, 2.05) is 6.07 Å². The third-order valence-corrected chi connectivity index (χ3v) is 4.60. The summed E-state index contributed by atoms with van der Waals surface area (Å²) in [6.07, 6.45) is 1.86. The van der Waals surface area contributed by atoms with Crippen molar-refractivity contribution in [3.63, 3.8) is 0 Å². The van der Waals surface area contributed by atoms with Crippen LogP contribution in [-0.2, 0) is 19.4 Å². The van der Waals surface area contributed by atoms with Crippen molar-refractivity contribution in [2.75, 3.05) is 6.54 Å². The van der Waals surface area contributed by atoms with Crippen molar-refractivity contribution in [1.29, 1.82) is 0 Å². The maximum Gasteiger partial charge on any atom is 0.0766 e. The minimum atomic E-state index is 0.333. The number of benzene rings is 1. The molecule has 20 heavy (non-hydrogen) atoms. The van der Waals surface area contributed by atoms with Gasteiger partial charge in [0.1, 0.15) is 0 Å². The number of halogens is 1. The van der Waals surface area contributed by atoms with Gasteiger partial charge in [-0.25, -0.2) is 0 Å². The van der Waals surface area contributed by atoms with E-state index in [-0.39, 0.29) is 0 Å². The van der Waals surface area contributed by atoms with E-state index in [1.54, 1.807) is 0 Å². The molecule has 0 bridgehead atoms. The lowest BCUT2D eigenvalue weighted by atomic mass is 9.94. The highest BCUT2D eigenvalue weighted by Gasteiger charge is 2.18. The van der Waals surface area contributed by atoms with Gasteiger partial charge in [0.2, 0.25) is 0 Å². The van der Waals surface area contributed by atoms with Crippen molar-refractivity contribution in [1.82, 2.24) is 9.78 Å². The fraction of sp³-hybridized carbons (Fsp3) is 0.438. The Morgan fingerprint density at radius 1 is 1.25 bits per heavy atom. The van der Waals surface area contributed by atoms with E-state index < -0.39 is 0 Å². The first-order valence-corrected chi connectivity index (χ1v) is 7.99. The molecular weight excluding hydrogens is 314 g/mol. The minimum absolute atomic E-state index is 0.333. The SMILES string of the molecule is CCc1nn(CC)c(CC(CN)c2ccccc2)c1Br. The van der Waals surface area contributed by atoms with Crippen LogP contribution in [-0.4, -0.2) is 16.3 Å². The summed E-state index contributed by atoms with van der Waals surface area (Å²) in [5.41, 5.74) is 9.67. The van der Waals surface area contributed by atoms with Gasteiger partial charge in [0.15, 0.2) is 0 Å². The van der Waals surface area contributed by atoms with Crippen LogP contribution in [0.5, 0.6) is 0 Å². The molecule has 0 saturated heterocycles. The van der Waals surface area contributed by atoms with Gasteiger partial charge < -0.3 is 5.73 Å². The summed E-state index contributed by atoms with van der Waals surface area (Å²) in [6, 6.07) is 10.5. The molecule has 1 atom stereocenters. The van der Waals surface area contributed by atoms with Gasteiger partial charge in [-0.1, -0.05) is 37.3 Å². The van der Waals surface area contributed by atoms with Crippen LogP contribution in [0.15, 0.2) is 34.8 Å². The van der Waals surface area contributed by atoms with Crippen molar-refractivity contribution in [3.8, 4) is 0 Å². The van der Waals surface area contributed by atoms with Crippen molar-refractivity contribution >= 4 is 15.9 Å². The predicted octanol–water partition coefficient (Wildman–Crippen LogP) is 3.51. The molecule has 3 nitrogen and oxygen atoms in total. The molecule has 1 aromatic carbocycles. The summed E-state index contributed by atoms with van der Waals surface area (Å²) < 4.78 is 3.24. The van der Waals surface area contributed by atoms with Gasteiger partial charge in [0.05, 0.1) is 15.9 Å². The van der Waals surface area contributed by atoms with E-state index in [0.717, 1.165) is 29.6 Å². The average Bonchev–Trinajstić information content (AvgIpc) is 2.81. The largest absolute Gasteiger partial charge is 0.330 e. The Bertz CT molecular complexity index is 548. The Morgan fingerprint density at radius 3 is 2.50 bits per heavy atom. The zero-order valence-electron chi connectivity index (χ0n) is 12.1. The molecule has 2 N–H and O–H groups in total. The van der Waals surface area contributed by atoms with E-state index in [2.05, 4.69) is 63.8 Å². The zero-order chi connectivity index (χ0) is 14.5. The topological polar surface area (TPSA) is 43.8 Å². The second-order valence-corrected chi connectivity index (χ2v) is 5.72. The number of hydrogen-bond acceptors (Lipinski definition) is 2. The molecule has 0 saturated carbocycles. The highest BCUT2D eigenvalue weighted by Crippen LogP contribution is 2.28. The third kappa shape index (κ3) is 3.13. The Balaban J connectivity index is 2.30. The Labute approximate surface area is 129 Å². The monoisotopic (exact) mass is 335 g/mol. The highest BCUT2D eigenvalue weighted by atomic mass is 79.9. The summed E-state index contributed by atoms with van der Waals surface area (Å²) in [7, 11) is 0. The molecule has 0 fully saturated rings. The summed E-state index contributed by atoms with van der Waals surface area (Å²) in [6.45, 7) is 5.80. The molecule has 1 aromatic heterocycles. The number of aryl methyl sites for hydroxylation is 2. The first-order chi connectivity index (χ1) is 9.71. The molecule has 2 rings (SSSR count). The van der Waals surface area contributed by atoms with Crippen LogP contribution < -0.4 is 5.73 Å². The van der Waals surface area contributed by atoms with E-state index in [9.17, 15) is 0 Å². The molecule has 2 aromatic rings. The van der Waals surface area contributed by atoms with E-state index in [0.29, 0.717) is 12.5 Å². The van der Waals surface area contributed by atoms with Gasteiger partial charge in [-0.2, -0.15) is 5.10 Å². The smallest absolute Gasteiger partial charge is 0.0766 e. The number of rotatable bonds is 6. The summed E-state index contributed by atoms with van der Waals surface area (Å²) in [5.74, 6) is 0.333. The van der Waals surface area contributed by atoms with Crippen LogP contribution in [0.1, 0.15) is 36.7 Å². The maximum atomic E-state index is 5.99. The second kappa shape index (κ2) is 7.04. The van der Waals surface area contributed by atoms with Crippen molar-refractivity contribution in [2.24, 2.45) is 5.73 Å². The van der Waals surface area contributed by atoms with Crippen LogP contribution in [0.3, 0.4) is 0 Å². The van der Waals surface area contributed by atoms with Gasteiger partial charge in [-0.15, -0.1) is 0 Å². The quantitative estimate of drug-likeness (QED) is 0.877. The molecule has 0 spiro atoms. The summed E-state index contributed by atoms with van der Waals surface area (Å²) in [5, 5.41) is 4.66. The molecular formula is C16H22BrN3. The number of nitrogens with two attached hydrogens (primary N) is 1. The Morgan fingerprint density at radius 2 is 1.95 bits per heavy atom.